The Morgan fingerprint density at radius 3 is 2.75 bits per heavy atom. The van der Waals surface area contributed by atoms with E-state index in [2.05, 4.69) is 34.2 Å². The van der Waals surface area contributed by atoms with Gasteiger partial charge < -0.3 is 14.6 Å². The third kappa shape index (κ3) is 3.77. The lowest BCUT2D eigenvalue weighted by Crippen LogP contribution is -2.44. The molecule has 1 aliphatic heterocycles. The molecule has 1 unspecified atom stereocenters. The van der Waals surface area contributed by atoms with Crippen molar-refractivity contribution < 1.29 is 4.42 Å². The lowest BCUT2D eigenvalue weighted by molar-refractivity contribution is 0.202. The van der Waals surface area contributed by atoms with Crippen LogP contribution in [0.4, 0.5) is 0 Å². The van der Waals surface area contributed by atoms with Gasteiger partial charge in [-0.15, -0.1) is 0 Å². The van der Waals surface area contributed by atoms with Gasteiger partial charge in [-0.3, -0.25) is 9.89 Å². The van der Waals surface area contributed by atoms with Crippen molar-refractivity contribution in [3.8, 4) is 0 Å². The Labute approximate surface area is 146 Å². The quantitative estimate of drug-likeness (QED) is 0.680. The number of rotatable bonds is 4. The third-order valence-corrected chi connectivity index (χ3v) is 5.81. The summed E-state index contributed by atoms with van der Waals surface area (Å²) in [5.41, 5.74) is 0.553. The standard InChI is InChI=1S/C19H32N4O/c1-20-18(21-14-16(22(2)3)17-8-7-13-24-17)23-12-11-19(15-23)9-5-4-6-10-19/h7-8,13,16H,4-6,9-12,14-15H2,1-3H3,(H,20,21). The van der Waals surface area contributed by atoms with Gasteiger partial charge in [0.25, 0.3) is 0 Å². The number of hydrogen-bond acceptors (Lipinski definition) is 3. The second-order valence-corrected chi connectivity index (χ2v) is 7.66. The third-order valence-electron chi connectivity index (χ3n) is 5.81. The summed E-state index contributed by atoms with van der Waals surface area (Å²) in [6.45, 7) is 3.10. The smallest absolute Gasteiger partial charge is 0.193 e. The number of likely N-dealkylation sites (N-methyl/N-ethyl adjacent to an activating group) is 1. The van der Waals surface area contributed by atoms with Crippen LogP contribution in [0.1, 0.15) is 50.3 Å². The molecule has 2 fully saturated rings. The molecule has 0 bridgehead atoms. The lowest BCUT2D eigenvalue weighted by atomic mass is 9.73. The molecule has 24 heavy (non-hydrogen) atoms. The first-order valence-electron chi connectivity index (χ1n) is 9.29. The second kappa shape index (κ2) is 7.60. The number of hydrogen-bond donors (Lipinski definition) is 1. The summed E-state index contributed by atoms with van der Waals surface area (Å²) in [6.07, 6.45) is 10.1. The normalized spacial score (nSPS) is 22.3. The summed E-state index contributed by atoms with van der Waals surface area (Å²) in [5, 5.41) is 3.58. The van der Waals surface area contributed by atoms with Crippen LogP contribution in [-0.2, 0) is 0 Å². The van der Waals surface area contributed by atoms with Crippen LogP contribution >= 0.6 is 0 Å². The zero-order chi connectivity index (χ0) is 17.0. The topological polar surface area (TPSA) is 44.0 Å². The van der Waals surface area contributed by atoms with Crippen LogP contribution in [0.3, 0.4) is 0 Å². The lowest BCUT2D eigenvalue weighted by Gasteiger charge is -2.34. The van der Waals surface area contributed by atoms with Crippen LogP contribution in [0.5, 0.6) is 0 Å². The SMILES string of the molecule is CN=C(NCC(c1ccco1)N(C)C)N1CCC2(CCCCC2)C1. The van der Waals surface area contributed by atoms with Crippen molar-refractivity contribution in [2.24, 2.45) is 10.4 Å². The van der Waals surface area contributed by atoms with Gasteiger partial charge in [0.2, 0.25) is 0 Å². The molecule has 5 heteroatoms. The maximum Gasteiger partial charge on any atom is 0.193 e. The summed E-state index contributed by atoms with van der Waals surface area (Å²) < 4.78 is 5.60. The minimum absolute atomic E-state index is 0.211. The van der Waals surface area contributed by atoms with Gasteiger partial charge in [0.15, 0.2) is 5.96 Å². The molecule has 1 aromatic heterocycles. The fraction of sp³-hybridized carbons (Fsp3) is 0.737. The van der Waals surface area contributed by atoms with Crippen LogP contribution in [0.2, 0.25) is 0 Å². The van der Waals surface area contributed by atoms with Gasteiger partial charge in [0.1, 0.15) is 5.76 Å². The van der Waals surface area contributed by atoms with Gasteiger partial charge in [-0.2, -0.15) is 0 Å². The van der Waals surface area contributed by atoms with E-state index in [1.807, 2.05) is 19.2 Å². The molecule has 3 rings (SSSR count). The van der Waals surface area contributed by atoms with E-state index < -0.39 is 0 Å². The molecule has 2 aliphatic rings. The molecule has 1 atom stereocenters. The Morgan fingerprint density at radius 1 is 1.33 bits per heavy atom. The molecule has 1 aromatic rings. The molecular formula is C19H32N4O. The molecular weight excluding hydrogens is 300 g/mol. The number of nitrogens with zero attached hydrogens (tertiary/aromatic N) is 3. The highest BCUT2D eigenvalue weighted by Crippen LogP contribution is 2.43. The minimum atomic E-state index is 0.211. The van der Waals surface area contributed by atoms with Crippen molar-refractivity contribution in [2.75, 3.05) is 40.8 Å². The Kier molecular flexibility index (Phi) is 5.49. The van der Waals surface area contributed by atoms with Crippen molar-refractivity contribution >= 4 is 5.96 Å². The molecule has 1 saturated carbocycles. The summed E-state index contributed by atoms with van der Waals surface area (Å²) >= 11 is 0. The van der Waals surface area contributed by atoms with E-state index in [0.717, 1.165) is 24.8 Å². The van der Waals surface area contributed by atoms with Gasteiger partial charge in [0, 0.05) is 26.7 Å². The maximum atomic E-state index is 5.60. The highest BCUT2D eigenvalue weighted by molar-refractivity contribution is 5.80. The van der Waals surface area contributed by atoms with Crippen LogP contribution in [0, 0.1) is 5.41 Å². The van der Waals surface area contributed by atoms with E-state index in [-0.39, 0.29) is 6.04 Å². The number of nitrogens with one attached hydrogen (secondary N) is 1. The first-order chi connectivity index (χ1) is 11.6. The molecule has 5 nitrogen and oxygen atoms in total. The fourth-order valence-corrected chi connectivity index (χ4v) is 4.36. The van der Waals surface area contributed by atoms with Gasteiger partial charge in [0.05, 0.1) is 12.3 Å². The average molecular weight is 332 g/mol. The summed E-state index contributed by atoms with van der Waals surface area (Å²) in [4.78, 5) is 9.19. The van der Waals surface area contributed by atoms with Crippen LogP contribution in [-0.4, -0.2) is 56.5 Å². The average Bonchev–Trinajstić information content (AvgIpc) is 3.23. The van der Waals surface area contributed by atoms with E-state index in [1.165, 1.54) is 45.1 Å². The molecule has 1 N–H and O–H groups in total. The zero-order valence-corrected chi connectivity index (χ0v) is 15.4. The van der Waals surface area contributed by atoms with Gasteiger partial charge in [-0.25, -0.2) is 0 Å². The number of aliphatic imine (C=N–C) groups is 1. The van der Waals surface area contributed by atoms with Gasteiger partial charge in [-0.1, -0.05) is 19.3 Å². The first kappa shape index (κ1) is 17.3. The maximum absolute atomic E-state index is 5.60. The Morgan fingerprint density at radius 2 is 2.12 bits per heavy atom. The summed E-state index contributed by atoms with van der Waals surface area (Å²) in [6, 6.07) is 4.21. The Balaban J connectivity index is 1.59. The molecule has 134 valence electrons. The first-order valence-corrected chi connectivity index (χ1v) is 9.29. The number of guanidine groups is 1. The van der Waals surface area contributed by atoms with E-state index in [0.29, 0.717) is 5.41 Å². The van der Waals surface area contributed by atoms with Crippen molar-refractivity contribution in [1.82, 2.24) is 15.1 Å². The number of furan rings is 1. The molecule has 1 saturated heterocycles. The molecule has 2 heterocycles. The second-order valence-electron chi connectivity index (χ2n) is 7.66. The highest BCUT2D eigenvalue weighted by atomic mass is 16.3. The van der Waals surface area contributed by atoms with Gasteiger partial charge in [-0.05, 0) is 50.9 Å². The minimum Gasteiger partial charge on any atom is -0.468 e. The predicted molar refractivity (Wildman–Crippen MR) is 98.2 cm³/mol. The molecule has 1 spiro atoms. The molecule has 0 amide bonds. The monoisotopic (exact) mass is 332 g/mol. The van der Waals surface area contributed by atoms with Crippen molar-refractivity contribution in [3.05, 3.63) is 24.2 Å². The summed E-state index contributed by atoms with van der Waals surface area (Å²) in [7, 11) is 6.07. The Bertz CT molecular complexity index is 532. The van der Waals surface area contributed by atoms with E-state index in [1.54, 1.807) is 6.26 Å². The van der Waals surface area contributed by atoms with E-state index in [4.69, 9.17) is 4.42 Å². The van der Waals surface area contributed by atoms with E-state index in [9.17, 15) is 0 Å². The van der Waals surface area contributed by atoms with Crippen LogP contribution < -0.4 is 5.32 Å². The number of likely N-dealkylation sites (tertiary alicyclic amines) is 1. The largest absolute Gasteiger partial charge is 0.468 e. The highest BCUT2D eigenvalue weighted by Gasteiger charge is 2.39. The van der Waals surface area contributed by atoms with Crippen LogP contribution in [0.15, 0.2) is 27.8 Å². The molecule has 0 radical (unpaired) electrons. The van der Waals surface area contributed by atoms with Crippen molar-refractivity contribution in [3.63, 3.8) is 0 Å². The molecule has 1 aliphatic carbocycles. The fourth-order valence-electron chi connectivity index (χ4n) is 4.36. The van der Waals surface area contributed by atoms with Crippen molar-refractivity contribution in [2.45, 2.75) is 44.6 Å². The van der Waals surface area contributed by atoms with Gasteiger partial charge >= 0.3 is 0 Å². The molecule has 0 aromatic carbocycles. The zero-order valence-electron chi connectivity index (χ0n) is 15.4. The van der Waals surface area contributed by atoms with E-state index >= 15 is 0 Å². The Hall–Kier alpha value is -1.49. The van der Waals surface area contributed by atoms with Crippen molar-refractivity contribution in [1.29, 1.82) is 0 Å². The van der Waals surface area contributed by atoms with Crippen LogP contribution in [0.25, 0.3) is 0 Å². The summed E-state index contributed by atoms with van der Waals surface area (Å²) in [5.74, 6) is 2.03. The predicted octanol–water partition coefficient (Wildman–Crippen LogP) is 3.11.